The molecule has 5 nitrogen and oxygen atoms in total. The molecular weight excluding hydrogens is 388 g/mol. The molecule has 0 aliphatic rings. The highest BCUT2D eigenvalue weighted by atomic mass is 79.9. The topological polar surface area (TPSA) is 59.8 Å². The quantitative estimate of drug-likeness (QED) is 0.654. The van der Waals surface area contributed by atoms with Crippen LogP contribution in [0.3, 0.4) is 0 Å². The molecule has 3 rings (SSSR count). The Morgan fingerprint density at radius 2 is 1.79 bits per heavy atom. The van der Waals surface area contributed by atoms with E-state index in [0.29, 0.717) is 5.16 Å². The standard InChI is InChI=1S/C17H15BrN4OS/c1-22-16(23)15(19-14-5-3-2-4-6-14)20-21-17(22)24-11-12-7-9-13(18)10-8-12/h2-10H,11H2,1H3,(H,19,20). The van der Waals surface area contributed by atoms with Crippen LogP contribution in [0.1, 0.15) is 5.56 Å². The van der Waals surface area contributed by atoms with Crippen LogP contribution in [-0.4, -0.2) is 14.8 Å². The molecule has 1 aromatic heterocycles. The molecule has 122 valence electrons. The van der Waals surface area contributed by atoms with Crippen LogP contribution in [0.2, 0.25) is 0 Å². The highest BCUT2D eigenvalue weighted by Gasteiger charge is 2.10. The lowest BCUT2D eigenvalue weighted by Crippen LogP contribution is -2.24. The van der Waals surface area contributed by atoms with Crippen LogP contribution in [0, 0.1) is 0 Å². The minimum atomic E-state index is -0.202. The Morgan fingerprint density at radius 3 is 2.50 bits per heavy atom. The molecule has 0 fully saturated rings. The summed E-state index contributed by atoms with van der Waals surface area (Å²) < 4.78 is 2.56. The fraction of sp³-hybridized carbons (Fsp3) is 0.118. The Morgan fingerprint density at radius 1 is 1.08 bits per heavy atom. The van der Waals surface area contributed by atoms with E-state index in [4.69, 9.17) is 0 Å². The maximum atomic E-state index is 12.4. The van der Waals surface area contributed by atoms with Gasteiger partial charge in [-0.1, -0.05) is 58.0 Å². The first kappa shape index (κ1) is 16.7. The molecule has 7 heteroatoms. The Labute approximate surface area is 152 Å². The lowest BCUT2D eigenvalue weighted by molar-refractivity contribution is 0.666. The Bertz CT molecular complexity index is 881. The highest BCUT2D eigenvalue weighted by Crippen LogP contribution is 2.21. The van der Waals surface area contributed by atoms with Crippen molar-refractivity contribution < 1.29 is 0 Å². The summed E-state index contributed by atoms with van der Waals surface area (Å²) in [6, 6.07) is 17.5. The van der Waals surface area contributed by atoms with E-state index in [1.165, 1.54) is 16.3 Å². The van der Waals surface area contributed by atoms with Gasteiger partial charge in [-0.3, -0.25) is 9.36 Å². The van der Waals surface area contributed by atoms with Gasteiger partial charge in [-0.25, -0.2) is 0 Å². The predicted octanol–water partition coefficient (Wildman–Crippen LogP) is 3.97. The summed E-state index contributed by atoms with van der Waals surface area (Å²) in [7, 11) is 1.71. The molecule has 24 heavy (non-hydrogen) atoms. The van der Waals surface area contributed by atoms with Gasteiger partial charge in [-0.2, -0.15) is 0 Å². The maximum absolute atomic E-state index is 12.4. The average Bonchev–Trinajstić information content (AvgIpc) is 2.61. The van der Waals surface area contributed by atoms with Gasteiger partial charge in [0.2, 0.25) is 5.82 Å². The third-order valence-corrected chi connectivity index (χ3v) is 4.97. The van der Waals surface area contributed by atoms with Gasteiger partial charge in [0.25, 0.3) is 5.56 Å². The molecule has 1 N–H and O–H groups in total. The van der Waals surface area contributed by atoms with Crippen molar-refractivity contribution in [2.45, 2.75) is 10.9 Å². The van der Waals surface area contributed by atoms with Crippen LogP contribution >= 0.6 is 27.7 Å². The summed E-state index contributed by atoms with van der Waals surface area (Å²) in [4.78, 5) is 12.4. The van der Waals surface area contributed by atoms with Crippen LogP contribution in [-0.2, 0) is 12.8 Å². The van der Waals surface area contributed by atoms with Crippen molar-refractivity contribution in [2.24, 2.45) is 7.05 Å². The van der Waals surface area contributed by atoms with Crippen LogP contribution in [0.5, 0.6) is 0 Å². The molecule has 0 aliphatic carbocycles. The molecule has 0 saturated heterocycles. The molecule has 3 aromatic rings. The number of anilines is 2. The van der Waals surface area contributed by atoms with Crippen molar-refractivity contribution in [2.75, 3.05) is 5.32 Å². The van der Waals surface area contributed by atoms with Gasteiger partial charge in [0, 0.05) is 23.0 Å². The number of hydrogen-bond donors (Lipinski definition) is 1. The summed E-state index contributed by atoms with van der Waals surface area (Å²) in [6.07, 6.45) is 0. The van der Waals surface area contributed by atoms with E-state index in [-0.39, 0.29) is 11.4 Å². The first-order valence-corrected chi connectivity index (χ1v) is 9.04. The van der Waals surface area contributed by atoms with Gasteiger partial charge in [0.1, 0.15) is 0 Å². The monoisotopic (exact) mass is 402 g/mol. The molecule has 0 spiro atoms. The summed E-state index contributed by atoms with van der Waals surface area (Å²) >= 11 is 4.90. The Kier molecular flexibility index (Phi) is 5.32. The average molecular weight is 403 g/mol. The predicted molar refractivity (Wildman–Crippen MR) is 101 cm³/mol. The molecular formula is C17H15BrN4OS. The van der Waals surface area contributed by atoms with Crippen LogP contribution in [0.15, 0.2) is 69.0 Å². The zero-order valence-corrected chi connectivity index (χ0v) is 15.3. The van der Waals surface area contributed by atoms with Gasteiger partial charge < -0.3 is 5.32 Å². The zero-order chi connectivity index (χ0) is 16.9. The SMILES string of the molecule is Cn1c(SCc2ccc(Br)cc2)nnc(Nc2ccccc2)c1=O. The number of benzene rings is 2. The minimum absolute atomic E-state index is 0.202. The van der Waals surface area contributed by atoms with E-state index < -0.39 is 0 Å². The first-order chi connectivity index (χ1) is 11.6. The fourth-order valence-electron chi connectivity index (χ4n) is 2.04. The van der Waals surface area contributed by atoms with Crippen LogP contribution in [0.25, 0.3) is 0 Å². The summed E-state index contributed by atoms with van der Waals surface area (Å²) in [5, 5.41) is 11.8. The number of nitrogens with one attached hydrogen (secondary N) is 1. The summed E-state index contributed by atoms with van der Waals surface area (Å²) in [5.41, 5.74) is 1.76. The molecule has 0 saturated carbocycles. The van der Waals surface area contributed by atoms with Crippen molar-refractivity contribution in [3.63, 3.8) is 0 Å². The third-order valence-electron chi connectivity index (χ3n) is 3.35. The van der Waals surface area contributed by atoms with Crippen molar-refractivity contribution >= 4 is 39.2 Å². The molecule has 0 radical (unpaired) electrons. The van der Waals surface area contributed by atoms with E-state index in [0.717, 1.165) is 21.5 Å². The van der Waals surface area contributed by atoms with E-state index in [9.17, 15) is 4.79 Å². The molecule has 0 atom stereocenters. The molecule has 0 aliphatic heterocycles. The van der Waals surface area contributed by atoms with Gasteiger partial charge in [0.05, 0.1) is 0 Å². The molecule has 2 aromatic carbocycles. The van der Waals surface area contributed by atoms with Gasteiger partial charge in [0.15, 0.2) is 5.16 Å². The third kappa shape index (κ3) is 4.04. The number of halogens is 1. The molecule has 0 bridgehead atoms. The Hall–Kier alpha value is -2.12. The smallest absolute Gasteiger partial charge is 0.297 e. The molecule has 0 amide bonds. The van der Waals surface area contributed by atoms with E-state index in [1.807, 2.05) is 54.6 Å². The lowest BCUT2D eigenvalue weighted by Gasteiger charge is -2.09. The van der Waals surface area contributed by atoms with Crippen molar-refractivity contribution in [3.8, 4) is 0 Å². The van der Waals surface area contributed by atoms with Crippen LogP contribution in [0.4, 0.5) is 11.5 Å². The zero-order valence-electron chi connectivity index (χ0n) is 12.9. The second-order valence-corrected chi connectivity index (χ2v) is 6.96. The fourth-order valence-corrected chi connectivity index (χ4v) is 3.17. The van der Waals surface area contributed by atoms with Gasteiger partial charge in [-0.15, -0.1) is 10.2 Å². The number of nitrogens with zero attached hydrogens (tertiary/aromatic N) is 3. The number of rotatable bonds is 5. The first-order valence-electron chi connectivity index (χ1n) is 7.26. The van der Waals surface area contributed by atoms with E-state index in [2.05, 4.69) is 31.4 Å². The lowest BCUT2D eigenvalue weighted by atomic mass is 10.2. The van der Waals surface area contributed by atoms with Crippen molar-refractivity contribution in [1.82, 2.24) is 14.8 Å². The number of hydrogen-bond acceptors (Lipinski definition) is 5. The molecule has 1 heterocycles. The van der Waals surface area contributed by atoms with Crippen molar-refractivity contribution in [1.29, 1.82) is 0 Å². The number of para-hydroxylation sites is 1. The van der Waals surface area contributed by atoms with E-state index >= 15 is 0 Å². The van der Waals surface area contributed by atoms with Gasteiger partial charge >= 0.3 is 0 Å². The van der Waals surface area contributed by atoms with Gasteiger partial charge in [-0.05, 0) is 29.8 Å². The minimum Gasteiger partial charge on any atom is -0.334 e. The van der Waals surface area contributed by atoms with Crippen molar-refractivity contribution in [3.05, 3.63) is 75.0 Å². The second-order valence-electron chi connectivity index (χ2n) is 5.10. The van der Waals surface area contributed by atoms with Crippen LogP contribution < -0.4 is 10.9 Å². The summed E-state index contributed by atoms with van der Waals surface area (Å²) in [6.45, 7) is 0. The normalized spacial score (nSPS) is 10.6. The largest absolute Gasteiger partial charge is 0.334 e. The highest BCUT2D eigenvalue weighted by molar-refractivity contribution is 9.10. The van der Waals surface area contributed by atoms with E-state index in [1.54, 1.807) is 7.05 Å². The second kappa shape index (κ2) is 7.63. The Balaban J connectivity index is 1.75. The maximum Gasteiger partial charge on any atom is 0.297 e. The summed E-state index contributed by atoms with van der Waals surface area (Å²) in [5.74, 6) is 0.942. The number of thioether (sulfide) groups is 1. The molecule has 0 unspecified atom stereocenters. The number of aromatic nitrogens is 3.